The highest BCUT2D eigenvalue weighted by Crippen LogP contribution is 2.42. The lowest BCUT2D eigenvalue weighted by Gasteiger charge is -2.45. The number of hydrogen-bond acceptors (Lipinski definition) is 4. The van der Waals surface area contributed by atoms with E-state index in [2.05, 4.69) is 54.4 Å². The van der Waals surface area contributed by atoms with Crippen LogP contribution in [0.15, 0.2) is 77.8 Å². The van der Waals surface area contributed by atoms with Gasteiger partial charge in [0.2, 0.25) is 0 Å². The Hall–Kier alpha value is -3.44. The Morgan fingerprint density at radius 3 is 2.42 bits per heavy atom. The van der Waals surface area contributed by atoms with Gasteiger partial charge in [0, 0.05) is 31.5 Å². The van der Waals surface area contributed by atoms with Crippen LogP contribution in [0.1, 0.15) is 63.3 Å². The number of ether oxygens (including phenoxy) is 1. The minimum Gasteiger partial charge on any atom is -0.438 e. The van der Waals surface area contributed by atoms with E-state index in [-0.39, 0.29) is 12.1 Å². The van der Waals surface area contributed by atoms with Gasteiger partial charge in [0.25, 0.3) is 0 Å². The number of amides is 1. The number of carbonyl (C=O) groups excluding carboxylic acids is 1. The number of nitrogens with zero attached hydrogens (tertiary/aromatic N) is 2. The van der Waals surface area contributed by atoms with Crippen molar-refractivity contribution in [2.24, 2.45) is 4.99 Å². The molecule has 1 N–H and O–H groups in total. The molecular formula is C31H34N2O3. The molecule has 0 aliphatic carbocycles. The van der Waals surface area contributed by atoms with E-state index >= 15 is 0 Å². The van der Waals surface area contributed by atoms with E-state index in [0.717, 1.165) is 34.5 Å². The first-order valence-electron chi connectivity index (χ1n) is 12.7. The number of hydrogen-bond donors (Lipinski definition) is 1. The summed E-state index contributed by atoms with van der Waals surface area (Å²) in [6, 6.07) is 24.5. The standard InChI is InChI=1S/C31H34N2O3/c1-21-18-26-19-25(14-15-28(26)32-21)24-12-10-23(11-13-24)22(2)33-17-16-31(36-29(33)34,20-30(3,4)35)27-8-6-5-7-9-27/h5-15,19,22,35H,16-18,20H2,1-4H3/t22-,31-/m0/s1. The van der Waals surface area contributed by atoms with Crippen molar-refractivity contribution in [2.75, 3.05) is 6.54 Å². The molecule has 2 aliphatic heterocycles. The quantitative estimate of drug-likeness (QED) is 0.413. The van der Waals surface area contributed by atoms with Crippen molar-refractivity contribution in [3.63, 3.8) is 0 Å². The molecule has 0 bridgehead atoms. The van der Waals surface area contributed by atoms with Crippen LogP contribution in [0.3, 0.4) is 0 Å². The van der Waals surface area contributed by atoms with E-state index < -0.39 is 11.2 Å². The minimum absolute atomic E-state index is 0.126. The molecule has 5 heteroatoms. The summed E-state index contributed by atoms with van der Waals surface area (Å²) in [5, 5.41) is 10.6. The molecule has 3 aromatic rings. The number of cyclic esters (lactones) is 1. The molecule has 1 amide bonds. The largest absolute Gasteiger partial charge is 0.438 e. The summed E-state index contributed by atoms with van der Waals surface area (Å²) >= 11 is 0. The molecule has 5 nitrogen and oxygen atoms in total. The van der Waals surface area contributed by atoms with Crippen molar-refractivity contribution in [2.45, 2.75) is 64.2 Å². The van der Waals surface area contributed by atoms with E-state index in [4.69, 9.17) is 4.74 Å². The maximum absolute atomic E-state index is 13.3. The summed E-state index contributed by atoms with van der Waals surface area (Å²) in [5.41, 5.74) is 5.99. The highest BCUT2D eigenvalue weighted by Gasteiger charge is 2.46. The maximum Gasteiger partial charge on any atom is 0.411 e. The number of fused-ring (bicyclic) bond motifs is 1. The molecule has 1 saturated heterocycles. The van der Waals surface area contributed by atoms with Crippen LogP contribution in [-0.4, -0.2) is 34.0 Å². The molecule has 0 unspecified atom stereocenters. The van der Waals surface area contributed by atoms with Gasteiger partial charge < -0.3 is 14.7 Å². The average Bonchev–Trinajstić information content (AvgIpc) is 3.22. The second kappa shape index (κ2) is 9.21. The van der Waals surface area contributed by atoms with Crippen LogP contribution < -0.4 is 0 Å². The van der Waals surface area contributed by atoms with Crippen LogP contribution in [0.25, 0.3) is 11.1 Å². The lowest BCUT2D eigenvalue weighted by atomic mass is 9.80. The fourth-order valence-corrected chi connectivity index (χ4v) is 5.56. The first-order chi connectivity index (χ1) is 17.1. The van der Waals surface area contributed by atoms with Crippen LogP contribution in [0.4, 0.5) is 10.5 Å². The van der Waals surface area contributed by atoms with Gasteiger partial charge in [-0.2, -0.15) is 0 Å². The maximum atomic E-state index is 13.3. The van der Waals surface area contributed by atoms with Crippen molar-refractivity contribution < 1.29 is 14.6 Å². The Morgan fingerprint density at radius 2 is 1.75 bits per heavy atom. The number of aliphatic imine (C=N–C) groups is 1. The molecule has 0 radical (unpaired) electrons. The van der Waals surface area contributed by atoms with Crippen molar-refractivity contribution in [1.29, 1.82) is 0 Å². The van der Waals surface area contributed by atoms with Crippen molar-refractivity contribution in [3.8, 4) is 11.1 Å². The predicted molar refractivity (Wildman–Crippen MR) is 144 cm³/mol. The third kappa shape index (κ3) is 4.80. The molecular weight excluding hydrogens is 448 g/mol. The van der Waals surface area contributed by atoms with E-state index in [0.29, 0.717) is 19.4 Å². The zero-order valence-corrected chi connectivity index (χ0v) is 21.5. The Kier molecular flexibility index (Phi) is 6.21. The van der Waals surface area contributed by atoms with Crippen LogP contribution in [-0.2, 0) is 16.8 Å². The smallest absolute Gasteiger partial charge is 0.411 e. The van der Waals surface area contributed by atoms with Crippen LogP contribution in [0.2, 0.25) is 0 Å². The van der Waals surface area contributed by atoms with E-state index in [1.54, 1.807) is 18.7 Å². The van der Waals surface area contributed by atoms with Gasteiger partial charge in [0.05, 0.1) is 17.3 Å². The molecule has 0 spiro atoms. The van der Waals surface area contributed by atoms with Crippen molar-refractivity contribution in [3.05, 3.63) is 89.5 Å². The fraction of sp³-hybridized carbons (Fsp3) is 0.355. The molecule has 2 atom stereocenters. The number of aliphatic hydroxyl groups is 1. The van der Waals surface area contributed by atoms with Gasteiger partial charge in [-0.05, 0) is 67.6 Å². The lowest BCUT2D eigenvalue weighted by molar-refractivity contribution is -0.101. The van der Waals surface area contributed by atoms with Crippen molar-refractivity contribution in [1.82, 2.24) is 4.90 Å². The summed E-state index contributed by atoms with van der Waals surface area (Å²) in [5.74, 6) is 0. The van der Waals surface area contributed by atoms with Gasteiger partial charge in [-0.1, -0.05) is 60.7 Å². The average molecular weight is 483 g/mol. The molecule has 2 aliphatic rings. The van der Waals surface area contributed by atoms with Gasteiger partial charge in [-0.15, -0.1) is 0 Å². The topological polar surface area (TPSA) is 62.1 Å². The number of rotatable bonds is 6. The van der Waals surface area contributed by atoms with Gasteiger partial charge >= 0.3 is 6.09 Å². The third-order valence-electron chi connectivity index (χ3n) is 7.32. The molecule has 5 rings (SSSR count). The van der Waals surface area contributed by atoms with Gasteiger partial charge in [0.15, 0.2) is 0 Å². The number of carbonyl (C=O) groups is 1. The molecule has 3 aromatic carbocycles. The fourth-order valence-electron chi connectivity index (χ4n) is 5.56. The molecule has 0 saturated carbocycles. The lowest BCUT2D eigenvalue weighted by Crippen LogP contribution is -2.51. The second-order valence-electron chi connectivity index (χ2n) is 10.8. The third-order valence-corrected chi connectivity index (χ3v) is 7.32. The summed E-state index contributed by atoms with van der Waals surface area (Å²) in [6.07, 6.45) is 1.52. The van der Waals surface area contributed by atoms with Gasteiger partial charge in [-0.3, -0.25) is 4.99 Å². The zero-order valence-electron chi connectivity index (χ0n) is 21.5. The summed E-state index contributed by atoms with van der Waals surface area (Å²) in [6.45, 7) is 8.18. The Labute approximate surface area is 213 Å². The van der Waals surface area contributed by atoms with E-state index in [9.17, 15) is 9.90 Å². The second-order valence-corrected chi connectivity index (χ2v) is 10.8. The minimum atomic E-state index is -0.970. The van der Waals surface area contributed by atoms with Gasteiger partial charge in [0.1, 0.15) is 5.60 Å². The number of benzene rings is 3. The van der Waals surface area contributed by atoms with Crippen LogP contribution in [0.5, 0.6) is 0 Å². The SMILES string of the molecule is CC1=Nc2ccc(-c3ccc([C@H](C)N4CC[C@](CC(C)(C)O)(c5ccccc5)OC4=O)cc3)cc2C1. The van der Waals surface area contributed by atoms with Crippen molar-refractivity contribution >= 4 is 17.5 Å². The Balaban J connectivity index is 1.33. The Morgan fingerprint density at radius 1 is 1.06 bits per heavy atom. The molecule has 186 valence electrons. The summed E-state index contributed by atoms with van der Waals surface area (Å²) in [7, 11) is 0. The summed E-state index contributed by atoms with van der Waals surface area (Å²) < 4.78 is 6.15. The first kappa shape index (κ1) is 24.3. The van der Waals surface area contributed by atoms with Crippen LogP contribution in [0, 0.1) is 0 Å². The predicted octanol–water partition coefficient (Wildman–Crippen LogP) is 6.96. The van der Waals surface area contributed by atoms with E-state index in [1.165, 1.54) is 11.1 Å². The molecule has 36 heavy (non-hydrogen) atoms. The highest BCUT2D eigenvalue weighted by atomic mass is 16.6. The van der Waals surface area contributed by atoms with E-state index in [1.807, 2.05) is 37.3 Å². The summed E-state index contributed by atoms with van der Waals surface area (Å²) in [4.78, 5) is 19.7. The molecule has 0 aromatic heterocycles. The van der Waals surface area contributed by atoms with Gasteiger partial charge in [-0.25, -0.2) is 4.79 Å². The molecule has 1 fully saturated rings. The van der Waals surface area contributed by atoms with Crippen LogP contribution >= 0.6 is 0 Å². The zero-order chi connectivity index (χ0) is 25.5. The monoisotopic (exact) mass is 482 g/mol. The molecule has 2 heterocycles. The highest BCUT2D eigenvalue weighted by molar-refractivity contribution is 5.92. The normalized spacial score (nSPS) is 20.5. The Bertz CT molecular complexity index is 1290. The first-order valence-corrected chi connectivity index (χ1v) is 12.7.